The molecule has 1 spiro atoms. The third-order valence-electron chi connectivity index (χ3n) is 6.97. The van der Waals surface area contributed by atoms with Crippen LogP contribution >= 0.6 is 15.9 Å². The number of carbonyl (C=O) groups is 1. The van der Waals surface area contributed by atoms with Crippen molar-refractivity contribution in [1.82, 2.24) is 0 Å². The van der Waals surface area contributed by atoms with Crippen LogP contribution in [-0.2, 0) is 15.1 Å². The van der Waals surface area contributed by atoms with E-state index >= 15 is 0 Å². The highest BCUT2D eigenvalue weighted by Gasteiger charge is 2.64. The van der Waals surface area contributed by atoms with E-state index in [2.05, 4.69) is 53.4 Å². The van der Waals surface area contributed by atoms with Crippen LogP contribution in [0, 0.1) is 5.92 Å². The van der Waals surface area contributed by atoms with E-state index in [0.717, 1.165) is 21.5 Å². The number of carbonyl (C=O) groups excluding carboxylic acids is 1. The molecule has 2 aromatic carbocycles. The van der Waals surface area contributed by atoms with E-state index in [4.69, 9.17) is 9.47 Å². The number of aliphatic hydroxyl groups excluding tert-OH is 1. The molecule has 2 N–H and O–H groups in total. The lowest BCUT2D eigenvalue weighted by atomic mass is 9.82. The largest absolute Gasteiger partial charge is 0.497 e. The number of aliphatic hydroxyl groups is 1. The average Bonchev–Trinajstić information content (AvgIpc) is 3.17. The van der Waals surface area contributed by atoms with Crippen molar-refractivity contribution in [1.29, 1.82) is 0 Å². The van der Waals surface area contributed by atoms with Gasteiger partial charge in [0.2, 0.25) is 0 Å². The SMILES string of the molecule is COc1ccc([Si](C)(C)[C@H]2[C@H](CCO)O[C@@]3(C(=O)Nc4ccc(Br)cc43)[C@@H]2C)cc1. The number of ether oxygens (including phenoxy) is 2. The van der Waals surface area contributed by atoms with E-state index in [1.165, 1.54) is 5.19 Å². The van der Waals surface area contributed by atoms with Crippen LogP contribution in [0.3, 0.4) is 0 Å². The molecule has 0 aliphatic carbocycles. The van der Waals surface area contributed by atoms with E-state index < -0.39 is 13.7 Å². The third-order valence-corrected chi connectivity index (χ3v) is 11.8. The minimum Gasteiger partial charge on any atom is -0.497 e. The highest BCUT2D eigenvalue weighted by atomic mass is 79.9. The summed E-state index contributed by atoms with van der Waals surface area (Å²) < 4.78 is 12.9. The number of fused-ring (bicyclic) bond motifs is 2. The maximum atomic E-state index is 13.3. The molecule has 0 radical (unpaired) electrons. The Labute approximate surface area is 186 Å². The van der Waals surface area contributed by atoms with Gasteiger partial charge in [0.25, 0.3) is 5.91 Å². The monoisotopic (exact) mass is 489 g/mol. The van der Waals surface area contributed by atoms with Crippen molar-refractivity contribution in [3.63, 3.8) is 0 Å². The molecule has 1 fully saturated rings. The second-order valence-electron chi connectivity index (χ2n) is 8.81. The van der Waals surface area contributed by atoms with Crippen molar-refractivity contribution >= 4 is 40.8 Å². The van der Waals surface area contributed by atoms with Gasteiger partial charge in [-0.05, 0) is 42.3 Å². The number of nitrogens with one attached hydrogen (secondary N) is 1. The third kappa shape index (κ3) is 3.14. The summed E-state index contributed by atoms with van der Waals surface area (Å²) in [5, 5.41) is 14.1. The fourth-order valence-corrected chi connectivity index (χ4v) is 9.92. The Bertz CT molecular complexity index is 964. The molecule has 0 unspecified atom stereocenters. The number of anilines is 1. The molecule has 0 saturated carbocycles. The number of amides is 1. The number of halogens is 1. The van der Waals surface area contributed by atoms with Gasteiger partial charge in [0.15, 0.2) is 5.60 Å². The predicted octanol–water partition coefficient (Wildman–Crippen LogP) is 4.01. The summed E-state index contributed by atoms with van der Waals surface area (Å²) in [6.07, 6.45) is 0.324. The second-order valence-corrected chi connectivity index (χ2v) is 14.4. The van der Waals surface area contributed by atoms with Crippen LogP contribution in [0.15, 0.2) is 46.9 Å². The van der Waals surface area contributed by atoms with Crippen molar-refractivity contribution in [3.8, 4) is 5.75 Å². The fraction of sp³-hybridized carbons (Fsp3) is 0.435. The molecule has 0 aromatic heterocycles. The van der Waals surface area contributed by atoms with Crippen LogP contribution in [0.2, 0.25) is 18.6 Å². The molecule has 2 aliphatic rings. The van der Waals surface area contributed by atoms with Gasteiger partial charge in [-0.25, -0.2) is 0 Å². The zero-order valence-corrected chi connectivity index (χ0v) is 20.3. The van der Waals surface area contributed by atoms with E-state index in [0.29, 0.717) is 6.42 Å². The molecule has 2 aromatic rings. The lowest BCUT2D eigenvalue weighted by molar-refractivity contribution is -0.143. The maximum Gasteiger partial charge on any atom is 0.261 e. The van der Waals surface area contributed by atoms with Crippen LogP contribution in [0.25, 0.3) is 0 Å². The number of rotatable bonds is 5. The Kier molecular flexibility index (Phi) is 5.59. The van der Waals surface area contributed by atoms with Crippen molar-refractivity contribution in [2.45, 2.75) is 43.7 Å². The van der Waals surface area contributed by atoms with Crippen LogP contribution < -0.4 is 15.2 Å². The smallest absolute Gasteiger partial charge is 0.261 e. The van der Waals surface area contributed by atoms with Gasteiger partial charge in [0.1, 0.15) is 5.75 Å². The fourth-order valence-electron chi connectivity index (χ4n) is 5.50. The Morgan fingerprint density at radius 3 is 2.57 bits per heavy atom. The molecular formula is C23H28BrNO4Si. The molecule has 4 atom stereocenters. The molecule has 5 nitrogen and oxygen atoms in total. The molecule has 0 bridgehead atoms. The predicted molar refractivity (Wildman–Crippen MR) is 124 cm³/mol. The van der Waals surface area contributed by atoms with Crippen LogP contribution in [0.1, 0.15) is 18.9 Å². The molecule has 2 heterocycles. The first kappa shape index (κ1) is 21.6. The van der Waals surface area contributed by atoms with Gasteiger partial charge in [-0.1, -0.05) is 53.3 Å². The maximum absolute atomic E-state index is 13.3. The van der Waals surface area contributed by atoms with E-state index in [1.807, 2.05) is 30.3 Å². The van der Waals surface area contributed by atoms with Crippen LogP contribution in [0.4, 0.5) is 5.69 Å². The van der Waals surface area contributed by atoms with Gasteiger partial charge < -0.3 is 19.9 Å². The van der Waals surface area contributed by atoms with Gasteiger partial charge in [-0.15, -0.1) is 0 Å². The lowest BCUT2D eigenvalue weighted by Crippen LogP contribution is -2.51. The molecular weight excluding hydrogens is 462 g/mol. The summed E-state index contributed by atoms with van der Waals surface area (Å²) >= 11 is 3.55. The van der Waals surface area contributed by atoms with Gasteiger partial charge in [-0.3, -0.25) is 4.79 Å². The Hall–Kier alpha value is -1.67. The summed E-state index contributed by atoms with van der Waals surface area (Å²) in [6, 6.07) is 14.1. The minimum atomic E-state index is -2.09. The van der Waals surface area contributed by atoms with Crippen LogP contribution in [-0.4, -0.2) is 38.9 Å². The number of methoxy groups -OCH3 is 1. The van der Waals surface area contributed by atoms with Crippen LogP contribution in [0.5, 0.6) is 5.75 Å². The highest BCUT2D eigenvalue weighted by Crippen LogP contribution is 2.58. The highest BCUT2D eigenvalue weighted by molar-refractivity contribution is 9.10. The summed E-state index contributed by atoms with van der Waals surface area (Å²) in [5.74, 6) is 0.693. The summed E-state index contributed by atoms with van der Waals surface area (Å²) in [5.41, 5.74) is 0.829. The minimum absolute atomic E-state index is 0.0318. The van der Waals surface area contributed by atoms with E-state index in [1.54, 1.807) is 7.11 Å². The Morgan fingerprint density at radius 2 is 1.93 bits per heavy atom. The van der Waals surface area contributed by atoms with Crippen molar-refractivity contribution in [2.75, 3.05) is 19.0 Å². The van der Waals surface area contributed by atoms with Gasteiger partial charge in [0.05, 0.1) is 21.3 Å². The molecule has 4 rings (SSSR count). The molecule has 30 heavy (non-hydrogen) atoms. The molecule has 1 saturated heterocycles. The molecule has 160 valence electrons. The summed E-state index contributed by atoms with van der Waals surface area (Å²) in [4.78, 5) is 13.3. The van der Waals surface area contributed by atoms with E-state index in [-0.39, 0.29) is 30.1 Å². The van der Waals surface area contributed by atoms with Gasteiger partial charge >= 0.3 is 0 Å². The first-order valence-corrected chi connectivity index (χ1v) is 14.2. The summed E-state index contributed by atoms with van der Waals surface area (Å²) in [6.45, 7) is 6.83. The zero-order chi connectivity index (χ0) is 21.7. The normalized spacial score (nSPS) is 27.9. The molecule has 2 aliphatic heterocycles. The van der Waals surface area contributed by atoms with Crippen molar-refractivity contribution in [2.24, 2.45) is 5.92 Å². The Balaban J connectivity index is 1.81. The lowest BCUT2D eigenvalue weighted by Gasteiger charge is -2.37. The number of benzene rings is 2. The van der Waals surface area contributed by atoms with Gasteiger partial charge in [0, 0.05) is 28.2 Å². The van der Waals surface area contributed by atoms with E-state index in [9.17, 15) is 9.90 Å². The van der Waals surface area contributed by atoms with Crippen molar-refractivity contribution in [3.05, 3.63) is 52.5 Å². The molecule has 7 heteroatoms. The number of hydrogen-bond donors (Lipinski definition) is 2. The van der Waals surface area contributed by atoms with Crippen molar-refractivity contribution < 1.29 is 19.4 Å². The molecule has 1 amide bonds. The first-order chi connectivity index (χ1) is 14.3. The quantitative estimate of drug-likeness (QED) is 0.622. The Morgan fingerprint density at radius 1 is 1.23 bits per heavy atom. The standard InChI is InChI=1S/C23H28BrNO4Si/c1-14-21(30(3,4)17-8-6-16(28-2)7-9-17)20(11-12-26)29-23(14)18-13-15(24)5-10-19(18)25-22(23)27/h5-10,13-14,20-21,26H,11-12H2,1-4H3,(H,25,27)/t14-,20+,21-,23+/m1/s1. The van der Waals surface area contributed by atoms with Gasteiger partial charge in [-0.2, -0.15) is 0 Å². The zero-order valence-electron chi connectivity index (χ0n) is 17.7. The average molecular weight is 490 g/mol. The summed E-state index contributed by atoms with van der Waals surface area (Å²) in [7, 11) is -0.420. The number of hydrogen-bond acceptors (Lipinski definition) is 4. The second kappa shape index (κ2) is 7.78. The first-order valence-electron chi connectivity index (χ1n) is 10.3. The topological polar surface area (TPSA) is 67.8 Å².